The van der Waals surface area contributed by atoms with E-state index in [4.69, 9.17) is 4.74 Å². The lowest BCUT2D eigenvalue weighted by Gasteiger charge is -2.11. The van der Waals surface area contributed by atoms with Crippen LogP contribution in [0.4, 0.5) is 17.6 Å². The quantitative estimate of drug-likeness (QED) is 0.453. The fourth-order valence-electron chi connectivity index (χ4n) is 1.58. The minimum absolute atomic E-state index is 0.138. The normalized spacial score (nSPS) is 12.0. The van der Waals surface area contributed by atoms with Gasteiger partial charge in [0.15, 0.2) is 6.79 Å². The van der Waals surface area contributed by atoms with Gasteiger partial charge in [0, 0.05) is 12.6 Å². The van der Waals surface area contributed by atoms with Crippen molar-refractivity contribution in [3.63, 3.8) is 0 Å². The van der Waals surface area contributed by atoms with Gasteiger partial charge in [-0.25, -0.2) is 4.39 Å². The van der Waals surface area contributed by atoms with Crippen LogP contribution in [0.15, 0.2) is 18.2 Å². The Labute approximate surface area is 121 Å². The summed E-state index contributed by atoms with van der Waals surface area (Å²) in [6.07, 6.45) is -4.41. The number of nitrogens with one attached hydrogen (secondary N) is 1. The molecule has 0 aliphatic carbocycles. The lowest BCUT2D eigenvalue weighted by molar-refractivity contribution is -0.186. The third kappa shape index (κ3) is 8.52. The topological polar surface area (TPSA) is 30.5 Å². The molecule has 1 aromatic rings. The third-order valence-electron chi connectivity index (χ3n) is 2.39. The largest absolute Gasteiger partial charge is 0.467 e. The minimum Gasteiger partial charge on any atom is -0.467 e. The molecule has 7 heteroatoms. The van der Waals surface area contributed by atoms with Crippen molar-refractivity contribution in [1.82, 2.24) is 5.32 Å². The van der Waals surface area contributed by atoms with E-state index >= 15 is 0 Å². The van der Waals surface area contributed by atoms with Gasteiger partial charge in [-0.3, -0.25) is 0 Å². The first-order valence-corrected chi connectivity index (χ1v) is 6.54. The smallest absolute Gasteiger partial charge is 0.411 e. The zero-order valence-electron chi connectivity index (χ0n) is 12.0. The molecule has 0 atom stereocenters. The van der Waals surface area contributed by atoms with Crippen LogP contribution in [0.1, 0.15) is 19.4 Å². The maximum absolute atomic E-state index is 13.4. The molecule has 0 unspecified atom stereocenters. The van der Waals surface area contributed by atoms with Crippen LogP contribution in [0.25, 0.3) is 0 Å². The molecular formula is C14H19F4NO2. The molecule has 0 spiro atoms. The summed E-state index contributed by atoms with van der Waals surface area (Å²) in [6, 6.07) is 4.01. The Kier molecular flexibility index (Phi) is 6.91. The van der Waals surface area contributed by atoms with Gasteiger partial charge in [-0.2, -0.15) is 13.2 Å². The van der Waals surface area contributed by atoms with E-state index < -0.39 is 25.4 Å². The molecule has 0 heterocycles. The summed E-state index contributed by atoms with van der Waals surface area (Å²) in [5.74, 6) is 0.0910. The van der Waals surface area contributed by atoms with Crippen molar-refractivity contribution in [2.24, 2.45) is 5.92 Å². The molecule has 1 rings (SSSR count). The molecule has 0 radical (unpaired) electrons. The molecule has 3 nitrogen and oxygen atoms in total. The molecule has 0 bridgehead atoms. The average Bonchev–Trinajstić information content (AvgIpc) is 2.32. The van der Waals surface area contributed by atoms with E-state index in [0.717, 1.165) is 12.6 Å². The summed E-state index contributed by atoms with van der Waals surface area (Å²) in [4.78, 5) is 0. The number of alkyl halides is 3. The predicted molar refractivity (Wildman–Crippen MR) is 70.4 cm³/mol. The van der Waals surface area contributed by atoms with E-state index in [1.807, 2.05) is 13.8 Å². The Hall–Kier alpha value is -1.34. The first-order valence-electron chi connectivity index (χ1n) is 6.54. The van der Waals surface area contributed by atoms with E-state index in [1.165, 1.54) is 6.07 Å². The summed E-state index contributed by atoms with van der Waals surface area (Å²) >= 11 is 0. The Morgan fingerprint density at radius 2 is 1.90 bits per heavy atom. The first-order chi connectivity index (χ1) is 9.76. The highest BCUT2D eigenvalue weighted by molar-refractivity contribution is 5.29. The molecule has 0 saturated heterocycles. The fourth-order valence-corrected chi connectivity index (χ4v) is 1.58. The summed E-state index contributed by atoms with van der Waals surface area (Å²) in [5, 5.41) is 3.14. The Morgan fingerprint density at radius 1 is 1.19 bits per heavy atom. The summed E-state index contributed by atoms with van der Waals surface area (Å²) in [5.41, 5.74) is 0.654. The van der Waals surface area contributed by atoms with Gasteiger partial charge >= 0.3 is 6.18 Å². The highest BCUT2D eigenvalue weighted by Crippen LogP contribution is 2.18. The van der Waals surface area contributed by atoms with Gasteiger partial charge in [0.05, 0.1) is 0 Å². The van der Waals surface area contributed by atoms with Crippen LogP contribution in [-0.4, -0.2) is 26.1 Å². The molecule has 0 aromatic heterocycles. The van der Waals surface area contributed by atoms with Crippen molar-refractivity contribution < 1.29 is 27.0 Å². The van der Waals surface area contributed by atoms with Crippen LogP contribution in [0.3, 0.4) is 0 Å². The van der Waals surface area contributed by atoms with Gasteiger partial charge in [0.25, 0.3) is 0 Å². The van der Waals surface area contributed by atoms with Crippen molar-refractivity contribution in [2.45, 2.75) is 26.6 Å². The molecule has 1 N–H and O–H groups in total. The van der Waals surface area contributed by atoms with Crippen LogP contribution < -0.4 is 10.1 Å². The van der Waals surface area contributed by atoms with Crippen LogP contribution in [0, 0.1) is 11.7 Å². The maximum atomic E-state index is 13.4. The van der Waals surface area contributed by atoms with E-state index in [0.29, 0.717) is 18.0 Å². The minimum atomic E-state index is -4.41. The molecule has 0 amide bonds. The fraction of sp³-hybridized carbons (Fsp3) is 0.571. The maximum Gasteiger partial charge on any atom is 0.411 e. The van der Waals surface area contributed by atoms with Crippen LogP contribution in [-0.2, 0) is 11.3 Å². The molecule has 21 heavy (non-hydrogen) atoms. The van der Waals surface area contributed by atoms with E-state index in [9.17, 15) is 17.6 Å². The number of hydrogen-bond acceptors (Lipinski definition) is 3. The van der Waals surface area contributed by atoms with Crippen molar-refractivity contribution >= 4 is 0 Å². The van der Waals surface area contributed by atoms with Crippen molar-refractivity contribution in [1.29, 1.82) is 0 Å². The van der Waals surface area contributed by atoms with Crippen LogP contribution in [0.5, 0.6) is 5.75 Å². The summed E-state index contributed by atoms with van der Waals surface area (Å²) < 4.78 is 58.2. The average molecular weight is 309 g/mol. The first kappa shape index (κ1) is 17.7. The Balaban J connectivity index is 2.45. The van der Waals surface area contributed by atoms with Gasteiger partial charge in [-0.15, -0.1) is 0 Å². The highest BCUT2D eigenvalue weighted by Gasteiger charge is 2.27. The van der Waals surface area contributed by atoms with Crippen LogP contribution in [0.2, 0.25) is 0 Å². The second kappa shape index (κ2) is 8.19. The number of ether oxygens (including phenoxy) is 2. The predicted octanol–water partition coefficient (Wildman–Crippen LogP) is 3.49. The monoisotopic (exact) mass is 309 g/mol. The Morgan fingerprint density at radius 3 is 2.52 bits per heavy atom. The van der Waals surface area contributed by atoms with E-state index in [-0.39, 0.29) is 5.75 Å². The van der Waals surface area contributed by atoms with Crippen molar-refractivity contribution in [3.05, 3.63) is 29.6 Å². The van der Waals surface area contributed by atoms with Crippen LogP contribution >= 0.6 is 0 Å². The van der Waals surface area contributed by atoms with Gasteiger partial charge in [0.1, 0.15) is 18.2 Å². The molecular weight excluding hydrogens is 290 g/mol. The highest BCUT2D eigenvalue weighted by atomic mass is 19.4. The number of benzene rings is 1. The second-order valence-corrected chi connectivity index (χ2v) is 5.05. The third-order valence-corrected chi connectivity index (χ3v) is 2.39. The molecule has 1 aromatic carbocycles. The molecule has 0 saturated carbocycles. The van der Waals surface area contributed by atoms with Crippen molar-refractivity contribution in [2.75, 3.05) is 19.9 Å². The zero-order chi connectivity index (χ0) is 15.9. The number of hydrogen-bond donors (Lipinski definition) is 1. The SMILES string of the molecule is CC(C)CNCc1cc(F)cc(OCOCC(F)(F)F)c1. The zero-order valence-corrected chi connectivity index (χ0v) is 12.0. The molecule has 0 fully saturated rings. The number of halogens is 4. The lowest BCUT2D eigenvalue weighted by Crippen LogP contribution is -2.19. The van der Waals surface area contributed by atoms with Gasteiger partial charge in [-0.1, -0.05) is 13.8 Å². The molecule has 120 valence electrons. The second-order valence-electron chi connectivity index (χ2n) is 5.05. The lowest BCUT2D eigenvalue weighted by atomic mass is 10.2. The van der Waals surface area contributed by atoms with E-state index in [1.54, 1.807) is 6.07 Å². The standard InChI is InChI=1S/C14H19F4NO2/c1-10(2)6-19-7-11-3-12(15)5-13(4-11)21-9-20-8-14(16,17)18/h3-5,10,19H,6-9H2,1-2H3. The van der Waals surface area contributed by atoms with Crippen molar-refractivity contribution in [3.8, 4) is 5.75 Å². The molecule has 0 aliphatic rings. The summed E-state index contributed by atoms with van der Waals surface area (Å²) in [7, 11) is 0. The van der Waals surface area contributed by atoms with Gasteiger partial charge < -0.3 is 14.8 Å². The Bertz CT molecular complexity index is 435. The summed E-state index contributed by atoms with van der Waals surface area (Å²) in [6.45, 7) is 3.35. The van der Waals surface area contributed by atoms with Gasteiger partial charge in [-0.05, 0) is 30.2 Å². The van der Waals surface area contributed by atoms with Gasteiger partial charge in [0.2, 0.25) is 0 Å². The molecule has 0 aliphatic heterocycles. The van der Waals surface area contributed by atoms with E-state index in [2.05, 4.69) is 10.1 Å². The number of rotatable bonds is 8.